The molecule has 2 fully saturated rings. The maximum absolute atomic E-state index is 12.7. The van der Waals surface area contributed by atoms with Gasteiger partial charge in [0.25, 0.3) is 12.9 Å². The first-order chi connectivity index (χ1) is 10.9. The largest absolute Gasteiger partial charge is 0.483 e. The number of thiocarbonyl (C=S) groups is 1. The zero-order chi connectivity index (χ0) is 18.9. The quantitative estimate of drug-likeness (QED) is 0.594. The molecule has 1 aliphatic heterocycles. The number of hydrogen-bond donors (Lipinski definition) is 2. The Bertz CT molecular complexity index is 492. The van der Waals surface area contributed by atoms with Crippen molar-refractivity contribution in [2.45, 2.75) is 47.1 Å². The highest BCUT2D eigenvalue weighted by molar-refractivity contribution is 7.80. The predicted octanol–water partition coefficient (Wildman–Crippen LogP) is 2.40. The fraction of sp³-hybridized carbons (Fsp3) is 0.812. The van der Waals surface area contributed by atoms with Crippen LogP contribution in [0.25, 0.3) is 0 Å². The molecular weight excluding hydrogens is 338 g/mol. The van der Waals surface area contributed by atoms with Crippen molar-refractivity contribution in [2.24, 2.45) is 22.7 Å². The molecule has 0 aromatic rings. The summed E-state index contributed by atoms with van der Waals surface area (Å²) in [5.41, 5.74) is -0.155. The number of carbonyl (C=O) groups excluding carboxylic acids is 1. The van der Waals surface area contributed by atoms with Gasteiger partial charge in [0.2, 0.25) is 5.91 Å². The third-order valence-corrected chi connectivity index (χ3v) is 5.33. The summed E-state index contributed by atoms with van der Waals surface area (Å²) < 4.78 is 25.3. The van der Waals surface area contributed by atoms with Crippen molar-refractivity contribution >= 4 is 29.6 Å². The van der Waals surface area contributed by atoms with Gasteiger partial charge in [-0.05, 0) is 22.7 Å². The maximum atomic E-state index is 12.7. The predicted molar refractivity (Wildman–Crippen MR) is 91.0 cm³/mol. The fourth-order valence-corrected chi connectivity index (χ4v) is 3.47. The third-order valence-electron chi connectivity index (χ3n) is 5.03. The molecule has 3 atom stereocenters. The zero-order valence-corrected chi connectivity index (χ0v) is 15.5. The molecule has 138 valence electrons. The van der Waals surface area contributed by atoms with E-state index < -0.39 is 22.9 Å². The summed E-state index contributed by atoms with van der Waals surface area (Å²) >= 11 is 4.65. The van der Waals surface area contributed by atoms with Crippen LogP contribution in [-0.2, 0) is 9.59 Å². The number of fused-ring (bicyclic) bond motifs is 1. The van der Waals surface area contributed by atoms with Crippen LogP contribution in [0.2, 0.25) is 0 Å². The van der Waals surface area contributed by atoms with E-state index in [9.17, 15) is 13.6 Å². The average molecular weight is 364 g/mol. The molecule has 0 spiro atoms. The molecular formula is C16H26F2N2O3S. The van der Waals surface area contributed by atoms with Crippen LogP contribution >= 0.6 is 12.2 Å². The Kier molecular flexibility index (Phi) is 6.30. The minimum Gasteiger partial charge on any atom is -0.483 e. The van der Waals surface area contributed by atoms with Crippen LogP contribution in [0.4, 0.5) is 8.78 Å². The molecule has 1 saturated carbocycles. The number of piperidine rings is 1. The number of amides is 1. The van der Waals surface area contributed by atoms with Gasteiger partial charge in [0.05, 0.1) is 0 Å². The Labute approximate surface area is 146 Å². The summed E-state index contributed by atoms with van der Waals surface area (Å²) in [6.45, 7) is 11.2. The second-order valence-electron chi connectivity index (χ2n) is 7.99. The molecule has 0 aromatic carbocycles. The van der Waals surface area contributed by atoms with E-state index in [0.717, 1.165) is 13.1 Å². The van der Waals surface area contributed by atoms with E-state index in [1.807, 2.05) is 20.8 Å². The Balaban J connectivity index is 0.000000891. The van der Waals surface area contributed by atoms with Gasteiger partial charge in [0.1, 0.15) is 11.0 Å². The number of halogens is 2. The van der Waals surface area contributed by atoms with E-state index in [2.05, 4.69) is 31.4 Å². The molecule has 1 amide bonds. The molecule has 2 N–H and O–H groups in total. The Morgan fingerprint density at radius 1 is 1.33 bits per heavy atom. The number of nitrogens with one attached hydrogen (secondary N) is 1. The van der Waals surface area contributed by atoms with Gasteiger partial charge in [-0.15, -0.1) is 0 Å². The average Bonchev–Trinajstić information content (AvgIpc) is 2.81. The minimum atomic E-state index is -2.73. The topological polar surface area (TPSA) is 69.6 Å². The summed E-state index contributed by atoms with van der Waals surface area (Å²) in [6, 6.07) is -0.709. The smallest absolute Gasteiger partial charge is 0.290 e. The van der Waals surface area contributed by atoms with E-state index in [1.54, 1.807) is 4.90 Å². The number of alkyl halides is 2. The minimum absolute atomic E-state index is 0.117. The van der Waals surface area contributed by atoms with Crippen molar-refractivity contribution in [3.63, 3.8) is 0 Å². The summed E-state index contributed by atoms with van der Waals surface area (Å²) in [4.78, 5) is 22.3. The molecule has 8 heteroatoms. The third kappa shape index (κ3) is 4.40. The number of likely N-dealkylation sites (tertiary alicyclic amines) is 1. The molecule has 24 heavy (non-hydrogen) atoms. The van der Waals surface area contributed by atoms with Crippen molar-refractivity contribution in [3.8, 4) is 0 Å². The lowest BCUT2D eigenvalue weighted by atomic mass is 9.85. The second-order valence-corrected chi connectivity index (χ2v) is 8.43. The number of nitrogens with zero attached hydrogens (tertiary/aromatic N) is 1. The zero-order valence-electron chi connectivity index (χ0n) is 14.7. The number of carboxylic acid groups (broad SMARTS) is 1. The van der Waals surface area contributed by atoms with Crippen molar-refractivity contribution in [3.05, 3.63) is 0 Å². The van der Waals surface area contributed by atoms with Gasteiger partial charge in [-0.1, -0.05) is 46.8 Å². The van der Waals surface area contributed by atoms with Crippen molar-refractivity contribution in [1.82, 2.24) is 10.2 Å². The van der Waals surface area contributed by atoms with Gasteiger partial charge < -0.3 is 15.3 Å². The van der Waals surface area contributed by atoms with E-state index >= 15 is 0 Å². The maximum Gasteiger partial charge on any atom is 0.290 e. The van der Waals surface area contributed by atoms with Crippen LogP contribution in [0.5, 0.6) is 0 Å². The Morgan fingerprint density at radius 2 is 1.75 bits per heavy atom. The molecule has 2 aliphatic rings. The van der Waals surface area contributed by atoms with Crippen LogP contribution in [0.15, 0.2) is 0 Å². The Morgan fingerprint density at radius 3 is 2.08 bits per heavy atom. The standard InChI is InChI=1S/C15H24F2N2OS.CH2O2/c1-14(2,3)10(18-12(21)11(16)17)13(20)19-6-8-9(7-19)15(8,4)5;2-1-3/h8-11H,6-7H2,1-5H3,(H,18,21);1H,(H,2,3). The second kappa shape index (κ2) is 7.29. The lowest BCUT2D eigenvalue weighted by Crippen LogP contribution is -2.55. The van der Waals surface area contributed by atoms with Gasteiger partial charge in [0.15, 0.2) is 0 Å². The van der Waals surface area contributed by atoms with Crippen molar-refractivity contribution in [1.29, 1.82) is 0 Å². The monoisotopic (exact) mass is 364 g/mol. The van der Waals surface area contributed by atoms with Crippen molar-refractivity contribution < 1.29 is 23.5 Å². The molecule has 1 saturated heterocycles. The molecule has 1 heterocycles. The summed E-state index contributed by atoms with van der Waals surface area (Å²) in [5, 5.41) is 9.46. The first kappa shape index (κ1) is 20.7. The summed E-state index contributed by atoms with van der Waals surface area (Å²) in [7, 11) is 0. The Hall–Kier alpha value is -1.31. The normalized spacial score (nSPS) is 25.2. The highest BCUT2D eigenvalue weighted by atomic mass is 32.1. The first-order valence-corrected chi connectivity index (χ1v) is 8.23. The molecule has 0 bridgehead atoms. The highest BCUT2D eigenvalue weighted by Crippen LogP contribution is 2.62. The molecule has 5 nitrogen and oxygen atoms in total. The molecule has 0 aromatic heterocycles. The molecule has 0 radical (unpaired) electrons. The van der Waals surface area contributed by atoms with E-state index in [-0.39, 0.29) is 12.4 Å². The van der Waals surface area contributed by atoms with Crippen LogP contribution in [0, 0.1) is 22.7 Å². The lowest BCUT2D eigenvalue weighted by molar-refractivity contribution is -0.135. The van der Waals surface area contributed by atoms with Gasteiger partial charge in [-0.2, -0.15) is 0 Å². The van der Waals surface area contributed by atoms with Gasteiger partial charge in [0, 0.05) is 13.1 Å². The first-order valence-electron chi connectivity index (χ1n) is 7.83. The molecule has 2 rings (SSSR count). The highest BCUT2D eigenvalue weighted by Gasteiger charge is 2.63. The number of hydrogen-bond acceptors (Lipinski definition) is 3. The van der Waals surface area contributed by atoms with E-state index in [0.29, 0.717) is 17.3 Å². The lowest BCUT2D eigenvalue weighted by Gasteiger charge is -2.35. The summed E-state index contributed by atoms with van der Waals surface area (Å²) in [6.07, 6.45) is -2.73. The molecule has 3 unspecified atom stereocenters. The van der Waals surface area contributed by atoms with Crippen LogP contribution < -0.4 is 5.32 Å². The van der Waals surface area contributed by atoms with E-state index in [4.69, 9.17) is 9.90 Å². The number of carbonyl (C=O) groups is 2. The summed E-state index contributed by atoms with van der Waals surface area (Å²) in [5.74, 6) is 0.974. The van der Waals surface area contributed by atoms with Crippen LogP contribution in [0.3, 0.4) is 0 Å². The number of rotatable bonds is 3. The SMILES string of the molecule is CC(C)(C)C(NC(=S)C(F)F)C(=O)N1CC2C(C1)C2(C)C.O=CO. The van der Waals surface area contributed by atoms with Gasteiger partial charge in [-0.25, -0.2) is 8.78 Å². The van der Waals surface area contributed by atoms with Crippen molar-refractivity contribution in [2.75, 3.05) is 13.1 Å². The fourth-order valence-electron chi connectivity index (χ4n) is 3.35. The van der Waals surface area contributed by atoms with Crippen LogP contribution in [0.1, 0.15) is 34.6 Å². The van der Waals surface area contributed by atoms with E-state index in [1.165, 1.54) is 0 Å². The van der Waals surface area contributed by atoms with Crippen LogP contribution in [-0.4, -0.2) is 52.9 Å². The van der Waals surface area contributed by atoms with Gasteiger partial charge in [-0.3, -0.25) is 9.59 Å². The molecule has 1 aliphatic carbocycles. The van der Waals surface area contributed by atoms with Gasteiger partial charge >= 0.3 is 0 Å².